The first kappa shape index (κ1) is 16.5. The second-order valence-electron chi connectivity index (χ2n) is 7.10. The molecule has 1 aromatic rings. The lowest BCUT2D eigenvalue weighted by Crippen LogP contribution is -2.51. The van der Waals surface area contributed by atoms with Gasteiger partial charge in [-0.1, -0.05) is 43.2 Å². The highest BCUT2D eigenvalue weighted by atomic mass is 16.5. The molecule has 0 spiro atoms. The van der Waals surface area contributed by atoms with Crippen LogP contribution in [0.5, 0.6) is 0 Å². The molecule has 1 aliphatic carbocycles. The minimum Gasteiger partial charge on any atom is -0.375 e. The minimum absolute atomic E-state index is 0.0452. The summed E-state index contributed by atoms with van der Waals surface area (Å²) < 4.78 is 5.75. The van der Waals surface area contributed by atoms with E-state index < -0.39 is 0 Å². The number of fused-ring (bicyclic) bond motifs is 1. The van der Waals surface area contributed by atoms with Crippen LogP contribution in [0.4, 0.5) is 0 Å². The van der Waals surface area contributed by atoms with Crippen LogP contribution in [0.3, 0.4) is 0 Å². The van der Waals surface area contributed by atoms with Crippen molar-refractivity contribution in [3.8, 4) is 0 Å². The van der Waals surface area contributed by atoms with E-state index in [9.17, 15) is 4.79 Å². The Morgan fingerprint density at radius 1 is 1.39 bits per heavy atom. The summed E-state index contributed by atoms with van der Waals surface area (Å²) in [7, 11) is 0. The number of hydrogen-bond acceptors (Lipinski definition) is 3. The van der Waals surface area contributed by atoms with Crippen molar-refractivity contribution in [1.82, 2.24) is 10.6 Å². The summed E-state index contributed by atoms with van der Waals surface area (Å²) in [6.45, 7) is 5.00. The second kappa shape index (κ2) is 7.45. The third-order valence-corrected chi connectivity index (χ3v) is 5.35. The van der Waals surface area contributed by atoms with Gasteiger partial charge in [-0.2, -0.15) is 0 Å². The molecule has 2 fully saturated rings. The molecule has 0 bridgehead atoms. The molecule has 126 valence electrons. The first-order valence-electron chi connectivity index (χ1n) is 8.84. The van der Waals surface area contributed by atoms with E-state index in [1.807, 2.05) is 25.1 Å². The highest BCUT2D eigenvalue weighted by molar-refractivity contribution is 5.84. The summed E-state index contributed by atoms with van der Waals surface area (Å²) in [5, 5.41) is 6.63. The average molecular weight is 316 g/mol. The normalized spacial score (nSPS) is 28.1. The van der Waals surface area contributed by atoms with Gasteiger partial charge in [-0.3, -0.25) is 4.79 Å². The van der Waals surface area contributed by atoms with Crippen LogP contribution in [0.2, 0.25) is 0 Å². The molecule has 2 N–H and O–H groups in total. The number of carbonyl (C=O) groups is 1. The number of amides is 1. The van der Waals surface area contributed by atoms with Crippen molar-refractivity contribution in [3.63, 3.8) is 0 Å². The first-order valence-corrected chi connectivity index (χ1v) is 8.84. The predicted octanol–water partition coefficient (Wildman–Crippen LogP) is 2.49. The Balaban J connectivity index is 1.47. The second-order valence-corrected chi connectivity index (χ2v) is 7.10. The van der Waals surface area contributed by atoms with E-state index in [1.54, 1.807) is 0 Å². The Kier molecular flexibility index (Phi) is 5.34. The number of carbonyl (C=O) groups excluding carboxylic acids is 1. The van der Waals surface area contributed by atoms with Crippen LogP contribution in [-0.4, -0.2) is 31.6 Å². The quantitative estimate of drug-likeness (QED) is 0.848. The van der Waals surface area contributed by atoms with Crippen LogP contribution in [0.1, 0.15) is 38.2 Å². The van der Waals surface area contributed by atoms with Crippen molar-refractivity contribution in [2.75, 3.05) is 19.7 Å². The lowest BCUT2D eigenvalue weighted by atomic mass is 9.67. The van der Waals surface area contributed by atoms with E-state index in [1.165, 1.54) is 19.3 Å². The molecular formula is C19H28N2O2. The molecule has 1 saturated heterocycles. The number of ether oxygens (including phenoxy) is 1. The molecule has 1 amide bonds. The maximum absolute atomic E-state index is 12.8. The van der Waals surface area contributed by atoms with Gasteiger partial charge in [0.1, 0.15) is 0 Å². The highest BCUT2D eigenvalue weighted by Crippen LogP contribution is 2.43. The molecule has 0 radical (unpaired) electrons. The van der Waals surface area contributed by atoms with Crippen LogP contribution < -0.4 is 10.6 Å². The Hall–Kier alpha value is -1.39. The Labute approximate surface area is 139 Å². The van der Waals surface area contributed by atoms with E-state index in [4.69, 9.17) is 4.74 Å². The maximum Gasteiger partial charge on any atom is 0.228 e. The zero-order valence-electron chi connectivity index (χ0n) is 14.0. The molecule has 3 atom stereocenters. The van der Waals surface area contributed by atoms with Crippen LogP contribution in [0, 0.1) is 11.3 Å². The summed E-state index contributed by atoms with van der Waals surface area (Å²) in [6.07, 6.45) is 4.63. The van der Waals surface area contributed by atoms with Crippen molar-refractivity contribution in [3.05, 3.63) is 35.9 Å². The molecule has 4 heteroatoms. The Morgan fingerprint density at radius 2 is 2.22 bits per heavy atom. The van der Waals surface area contributed by atoms with E-state index in [2.05, 4.69) is 22.8 Å². The lowest BCUT2D eigenvalue weighted by Gasteiger charge is -2.37. The van der Waals surface area contributed by atoms with E-state index in [0.29, 0.717) is 19.1 Å². The zero-order valence-corrected chi connectivity index (χ0v) is 14.0. The maximum atomic E-state index is 12.8. The highest BCUT2D eigenvalue weighted by Gasteiger charge is 2.49. The fraction of sp³-hybridized carbons (Fsp3) is 0.632. The summed E-state index contributed by atoms with van der Waals surface area (Å²) >= 11 is 0. The molecule has 23 heavy (non-hydrogen) atoms. The van der Waals surface area contributed by atoms with Crippen molar-refractivity contribution in [1.29, 1.82) is 0 Å². The molecule has 1 aromatic carbocycles. The van der Waals surface area contributed by atoms with Crippen molar-refractivity contribution < 1.29 is 9.53 Å². The molecule has 3 rings (SSSR count). The van der Waals surface area contributed by atoms with Gasteiger partial charge < -0.3 is 15.4 Å². The van der Waals surface area contributed by atoms with Gasteiger partial charge in [0.15, 0.2) is 0 Å². The molecular weight excluding hydrogens is 288 g/mol. The first-order chi connectivity index (χ1) is 11.2. The van der Waals surface area contributed by atoms with Gasteiger partial charge in [-0.05, 0) is 37.8 Å². The Morgan fingerprint density at radius 3 is 3.04 bits per heavy atom. The molecule has 1 unspecified atom stereocenters. The van der Waals surface area contributed by atoms with Crippen molar-refractivity contribution in [2.45, 2.75) is 45.3 Å². The molecule has 2 aliphatic rings. The standard InChI is InChI=1S/C19H28N2O2/c1-15(12-23-13-16-7-3-2-4-8-16)21-18(22)19-10-6-5-9-17(19)11-20-14-19/h2-4,7-8,15,17,20H,5-6,9-14H2,1H3,(H,21,22)/t15?,17-,19+/m0/s1. The molecule has 4 nitrogen and oxygen atoms in total. The Bertz CT molecular complexity index is 519. The predicted molar refractivity (Wildman–Crippen MR) is 91.0 cm³/mol. The number of benzene rings is 1. The van der Waals surface area contributed by atoms with Gasteiger partial charge >= 0.3 is 0 Å². The third-order valence-electron chi connectivity index (χ3n) is 5.35. The molecule has 1 aliphatic heterocycles. The fourth-order valence-corrected chi connectivity index (χ4v) is 4.03. The van der Waals surface area contributed by atoms with Crippen LogP contribution in [0.25, 0.3) is 0 Å². The largest absolute Gasteiger partial charge is 0.375 e. The zero-order chi connectivity index (χ0) is 16.1. The van der Waals surface area contributed by atoms with Gasteiger partial charge in [-0.15, -0.1) is 0 Å². The SMILES string of the molecule is CC(COCc1ccccc1)NC(=O)[C@@]12CCCC[C@H]1CNC2. The van der Waals surface area contributed by atoms with E-state index in [-0.39, 0.29) is 17.4 Å². The summed E-state index contributed by atoms with van der Waals surface area (Å²) in [5.41, 5.74) is 0.989. The summed E-state index contributed by atoms with van der Waals surface area (Å²) in [5.74, 6) is 0.733. The number of nitrogens with one attached hydrogen (secondary N) is 2. The van der Waals surface area contributed by atoms with Gasteiger partial charge in [0, 0.05) is 12.6 Å². The third kappa shape index (κ3) is 3.75. The smallest absolute Gasteiger partial charge is 0.228 e. The molecule has 1 saturated carbocycles. The van der Waals surface area contributed by atoms with Gasteiger partial charge in [0.25, 0.3) is 0 Å². The number of hydrogen-bond donors (Lipinski definition) is 2. The monoisotopic (exact) mass is 316 g/mol. The van der Waals surface area contributed by atoms with Crippen LogP contribution in [-0.2, 0) is 16.1 Å². The lowest BCUT2D eigenvalue weighted by molar-refractivity contribution is -0.135. The average Bonchev–Trinajstić information content (AvgIpc) is 3.01. The topological polar surface area (TPSA) is 50.4 Å². The van der Waals surface area contributed by atoms with Gasteiger partial charge in [0.2, 0.25) is 5.91 Å². The summed E-state index contributed by atoms with van der Waals surface area (Å²) in [6, 6.07) is 10.2. The van der Waals surface area contributed by atoms with Crippen molar-refractivity contribution in [2.24, 2.45) is 11.3 Å². The fourth-order valence-electron chi connectivity index (χ4n) is 4.03. The van der Waals surface area contributed by atoms with E-state index >= 15 is 0 Å². The van der Waals surface area contributed by atoms with Gasteiger partial charge in [0.05, 0.1) is 18.6 Å². The minimum atomic E-state index is -0.175. The van der Waals surface area contributed by atoms with Gasteiger partial charge in [-0.25, -0.2) is 0 Å². The van der Waals surface area contributed by atoms with Crippen LogP contribution in [0.15, 0.2) is 30.3 Å². The molecule has 1 heterocycles. The van der Waals surface area contributed by atoms with E-state index in [0.717, 1.165) is 25.1 Å². The van der Waals surface area contributed by atoms with Crippen molar-refractivity contribution >= 4 is 5.91 Å². The van der Waals surface area contributed by atoms with Crippen LogP contribution >= 0.6 is 0 Å². The summed E-state index contributed by atoms with van der Waals surface area (Å²) in [4.78, 5) is 12.8. The molecule has 0 aromatic heterocycles. The number of rotatable bonds is 6.